The van der Waals surface area contributed by atoms with E-state index in [9.17, 15) is 4.79 Å². The number of anilines is 1. The van der Waals surface area contributed by atoms with Gasteiger partial charge in [0.1, 0.15) is 5.52 Å². The van der Waals surface area contributed by atoms with Crippen LogP contribution in [0.25, 0.3) is 11.0 Å². The van der Waals surface area contributed by atoms with Gasteiger partial charge in [0.15, 0.2) is 0 Å². The minimum atomic E-state index is 0.224. The second-order valence-electron chi connectivity index (χ2n) is 6.46. The molecule has 6 heteroatoms. The molecule has 1 fully saturated rings. The molecule has 1 aromatic heterocycles. The predicted molar refractivity (Wildman–Crippen MR) is 97.1 cm³/mol. The van der Waals surface area contributed by atoms with Gasteiger partial charge in [-0.25, -0.2) is 4.68 Å². The Morgan fingerprint density at radius 3 is 2.76 bits per heavy atom. The summed E-state index contributed by atoms with van der Waals surface area (Å²) in [6.07, 6.45) is 1.61. The van der Waals surface area contributed by atoms with Crippen LogP contribution in [-0.4, -0.2) is 27.4 Å². The van der Waals surface area contributed by atoms with Gasteiger partial charge in [-0.05, 0) is 41.8 Å². The number of nitrogens with zero attached hydrogens (tertiary/aromatic N) is 4. The minimum Gasteiger partial charge on any atom is -0.312 e. The number of fused-ring (bicyclic) bond motifs is 1. The average Bonchev–Trinajstić information content (AvgIpc) is 3.21. The average molecular weight is 335 g/mol. The highest BCUT2D eigenvalue weighted by Crippen LogP contribution is 2.22. The molecule has 1 amide bonds. The molecule has 2 heterocycles. The lowest BCUT2D eigenvalue weighted by Crippen LogP contribution is -2.23. The van der Waals surface area contributed by atoms with E-state index in [-0.39, 0.29) is 5.91 Å². The summed E-state index contributed by atoms with van der Waals surface area (Å²) in [5, 5.41) is 11.6. The number of benzene rings is 2. The van der Waals surface area contributed by atoms with Crippen LogP contribution in [0.15, 0.2) is 42.5 Å². The number of hydrogen-bond acceptors (Lipinski definition) is 4. The van der Waals surface area contributed by atoms with Crippen molar-refractivity contribution in [2.75, 3.05) is 11.4 Å². The van der Waals surface area contributed by atoms with Crippen LogP contribution in [0.1, 0.15) is 24.0 Å². The molecule has 1 saturated heterocycles. The Morgan fingerprint density at radius 2 is 1.96 bits per heavy atom. The number of aromatic nitrogens is 3. The molecule has 0 atom stereocenters. The Labute approximate surface area is 146 Å². The Morgan fingerprint density at radius 1 is 1.12 bits per heavy atom. The molecule has 6 nitrogen and oxygen atoms in total. The smallest absolute Gasteiger partial charge is 0.227 e. The van der Waals surface area contributed by atoms with Crippen molar-refractivity contribution in [2.24, 2.45) is 7.05 Å². The van der Waals surface area contributed by atoms with Gasteiger partial charge in [-0.2, -0.15) is 0 Å². The van der Waals surface area contributed by atoms with Gasteiger partial charge in [0, 0.05) is 38.8 Å². The molecule has 1 aliphatic rings. The maximum atomic E-state index is 11.9. The molecule has 0 unspecified atom stereocenters. The van der Waals surface area contributed by atoms with Gasteiger partial charge in [-0.15, -0.1) is 5.10 Å². The van der Waals surface area contributed by atoms with Crippen molar-refractivity contribution in [3.8, 4) is 0 Å². The molecule has 4 rings (SSSR count). The first-order chi connectivity index (χ1) is 12.2. The number of aryl methyl sites for hydroxylation is 1. The number of nitrogens with one attached hydrogen (secondary N) is 1. The zero-order chi connectivity index (χ0) is 17.2. The molecule has 1 N–H and O–H groups in total. The largest absolute Gasteiger partial charge is 0.312 e. The van der Waals surface area contributed by atoms with Gasteiger partial charge in [0.25, 0.3) is 0 Å². The number of amides is 1. The lowest BCUT2D eigenvalue weighted by Gasteiger charge is -2.16. The summed E-state index contributed by atoms with van der Waals surface area (Å²) in [6.45, 7) is 2.35. The van der Waals surface area contributed by atoms with E-state index in [4.69, 9.17) is 0 Å². The van der Waals surface area contributed by atoms with Crippen LogP contribution >= 0.6 is 0 Å². The molecule has 0 saturated carbocycles. The van der Waals surface area contributed by atoms with Crippen LogP contribution in [0, 0.1) is 0 Å². The van der Waals surface area contributed by atoms with Crippen LogP contribution in [0.3, 0.4) is 0 Å². The Bertz CT molecular complexity index is 917. The van der Waals surface area contributed by atoms with Gasteiger partial charge in [0.05, 0.1) is 5.52 Å². The molecule has 0 radical (unpaired) electrons. The van der Waals surface area contributed by atoms with E-state index in [1.165, 1.54) is 11.1 Å². The third-order valence-electron chi connectivity index (χ3n) is 4.63. The third-order valence-corrected chi connectivity index (χ3v) is 4.63. The summed E-state index contributed by atoms with van der Waals surface area (Å²) >= 11 is 0. The molecule has 2 aromatic carbocycles. The summed E-state index contributed by atoms with van der Waals surface area (Å²) in [5.74, 6) is 0.224. The zero-order valence-electron chi connectivity index (χ0n) is 14.3. The fourth-order valence-corrected chi connectivity index (χ4v) is 3.30. The second kappa shape index (κ2) is 6.64. The summed E-state index contributed by atoms with van der Waals surface area (Å²) in [7, 11) is 1.89. The number of hydrogen-bond donors (Lipinski definition) is 1. The molecule has 0 spiro atoms. The molecular formula is C19H21N5O. The Balaban J connectivity index is 1.40. The van der Waals surface area contributed by atoms with E-state index in [1.54, 1.807) is 4.68 Å². The van der Waals surface area contributed by atoms with E-state index in [1.807, 2.05) is 30.1 Å². The van der Waals surface area contributed by atoms with E-state index in [2.05, 4.69) is 39.9 Å². The number of carbonyl (C=O) groups excluding carboxylic acids is 1. The quantitative estimate of drug-likeness (QED) is 0.778. The topological polar surface area (TPSA) is 63.1 Å². The van der Waals surface area contributed by atoms with Crippen LogP contribution in [-0.2, 0) is 24.9 Å². The van der Waals surface area contributed by atoms with Crippen LogP contribution in [0.5, 0.6) is 0 Å². The number of carbonyl (C=O) groups is 1. The van der Waals surface area contributed by atoms with Gasteiger partial charge in [0.2, 0.25) is 5.91 Å². The fourth-order valence-electron chi connectivity index (χ4n) is 3.30. The van der Waals surface area contributed by atoms with E-state index in [0.29, 0.717) is 6.42 Å². The normalized spacial score (nSPS) is 14.6. The molecule has 25 heavy (non-hydrogen) atoms. The van der Waals surface area contributed by atoms with Gasteiger partial charge >= 0.3 is 0 Å². The van der Waals surface area contributed by atoms with Gasteiger partial charge < -0.3 is 10.2 Å². The maximum Gasteiger partial charge on any atom is 0.227 e. The van der Waals surface area contributed by atoms with Crippen molar-refractivity contribution >= 4 is 22.6 Å². The third kappa shape index (κ3) is 3.25. The zero-order valence-corrected chi connectivity index (χ0v) is 14.3. The van der Waals surface area contributed by atoms with E-state index < -0.39 is 0 Å². The highest BCUT2D eigenvalue weighted by Gasteiger charge is 2.21. The molecule has 0 aliphatic carbocycles. The minimum absolute atomic E-state index is 0.224. The SMILES string of the molecule is Cn1nnc2cc(CNCc3cccc(N4CCCC4=O)c3)ccc21. The lowest BCUT2D eigenvalue weighted by molar-refractivity contribution is -0.117. The fraction of sp³-hybridized carbons (Fsp3) is 0.316. The van der Waals surface area contributed by atoms with E-state index >= 15 is 0 Å². The predicted octanol–water partition coefficient (Wildman–Crippen LogP) is 2.38. The Hall–Kier alpha value is -2.73. The van der Waals surface area contributed by atoms with Crippen LogP contribution < -0.4 is 10.2 Å². The summed E-state index contributed by atoms with van der Waals surface area (Å²) < 4.78 is 1.78. The highest BCUT2D eigenvalue weighted by molar-refractivity contribution is 5.95. The van der Waals surface area contributed by atoms with Crippen molar-refractivity contribution < 1.29 is 4.79 Å². The second-order valence-corrected chi connectivity index (χ2v) is 6.46. The van der Waals surface area contributed by atoms with Crippen molar-refractivity contribution in [2.45, 2.75) is 25.9 Å². The summed E-state index contributed by atoms with van der Waals surface area (Å²) in [4.78, 5) is 13.8. The first-order valence-electron chi connectivity index (χ1n) is 8.59. The molecule has 1 aliphatic heterocycles. The van der Waals surface area contributed by atoms with Crippen molar-refractivity contribution in [1.29, 1.82) is 0 Å². The maximum absolute atomic E-state index is 11.9. The van der Waals surface area contributed by atoms with E-state index in [0.717, 1.165) is 42.8 Å². The Kier molecular flexibility index (Phi) is 4.19. The summed E-state index contributed by atoms with van der Waals surface area (Å²) in [6, 6.07) is 14.4. The molecule has 0 bridgehead atoms. The first-order valence-corrected chi connectivity index (χ1v) is 8.59. The lowest BCUT2D eigenvalue weighted by atomic mass is 10.1. The molecule has 128 valence electrons. The standard InChI is InChI=1S/C19H21N5O/c1-23-18-8-7-15(11-17(18)21-22-23)13-20-12-14-4-2-5-16(10-14)24-9-3-6-19(24)25/h2,4-5,7-8,10-11,20H,3,6,9,12-13H2,1H3. The molecule has 3 aromatic rings. The van der Waals surface area contributed by atoms with Gasteiger partial charge in [-0.3, -0.25) is 4.79 Å². The van der Waals surface area contributed by atoms with Crippen molar-refractivity contribution in [1.82, 2.24) is 20.3 Å². The first kappa shape index (κ1) is 15.8. The van der Waals surface area contributed by atoms with Crippen LogP contribution in [0.2, 0.25) is 0 Å². The molecular weight excluding hydrogens is 314 g/mol. The van der Waals surface area contributed by atoms with Gasteiger partial charge in [-0.1, -0.05) is 23.4 Å². The van der Waals surface area contributed by atoms with Crippen molar-refractivity contribution in [3.05, 3.63) is 53.6 Å². The van der Waals surface area contributed by atoms with Crippen molar-refractivity contribution in [3.63, 3.8) is 0 Å². The summed E-state index contributed by atoms with van der Waals surface area (Å²) in [5.41, 5.74) is 5.31. The number of rotatable bonds is 5. The monoisotopic (exact) mass is 335 g/mol. The van der Waals surface area contributed by atoms with Crippen LogP contribution in [0.4, 0.5) is 5.69 Å². The highest BCUT2D eigenvalue weighted by atomic mass is 16.2.